The molecular formula is C19H18N4O3. The number of piperidine rings is 1. The molecule has 1 amide bonds. The fourth-order valence-corrected chi connectivity index (χ4v) is 3.16. The molecule has 0 bridgehead atoms. The first kappa shape index (κ1) is 16.3. The molecule has 1 N–H and O–H groups in total. The Balaban J connectivity index is 1.41. The maximum absolute atomic E-state index is 12.5. The summed E-state index contributed by atoms with van der Waals surface area (Å²) >= 11 is 0. The number of nitrogens with one attached hydrogen (secondary N) is 1. The Morgan fingerprint density at radius 2 is 1.88 bits per heavy atom. The molecule has 3 heterocycles. The van der Waals surface area contributed by atoms with Gasteiger partial charge in [0.05, 0.1) is 0 Å². The number of hydrogen-bond acceptors (Lipinski definition) is 5. The zero-order valence-corrected chi connectivity index (χ0v) is 14.1. The summed E-state index contributed by atoms with van der Waals surface area (Å²) < 4.78 is 5.41. The Bertz CT molecular complexity index is 936. The molecule has 4 rings (SSSR count). The topological polar surface area (TPSA) is 92.1 Å². The van der Waals surface area contributed by atoms with Gasteiger partial charge in [0.25, 0.3) is 5.91 Å². The van der Waals surface area contributed by atoms with Gasteiger partial charge in [-0.05, 0) is 31.0 Å². The zero-order chi connectivity index (χ0) is 17.9. The number of aromatic amines is 1. The first-order valence-electron chi connectivity index (χ1n) is 8.58. The Labute approximate surface area is 149 Å². The van der Waals surface area contributed by atoms with Gasteiger partial charge in [0.15, 0.2) is 0 Å². The van der Waals surface area contributed by atoms with Crippen molar-refractivity contribution < 1.29 is 9.32 Å². The summed E-state index contributed by atoms with van der Waals surface area (Å²) in [6.07, 6.45) is 3.13. The summed E-state index contributed by atoms with van der Waals surface area (Å²) in [4.78, 5) is 32.6. The normalized spacial score (nSPS) is 15.2. The van der Waals surface area contributed by atoms with E-state index >= 15 is 0 Å². The van der Waals surface area contributed by atoms with E-state index in [9.17, 15) is 9.59 Å². The van der Waals surface area contributed by atoms with Crippen LogP contribution in [-0.2, 0) is 0 Å². The fourth-order valence-electron chi connectivity index (χ4n) is 3.16. The lowest BCUT2D eigenvalue weighted by Gasteiger charge is -2.30. The third-order valence-corrected chi connectivity index (χ3v) is 4.64. The number of H-pyrrole nitrogens is 1. The minimum Gasteiger partial charge on any atom is -0.339 e. The number of benzene rings is 1. The van der Waals surface area contributed by atoms with Crippen LogP contribution in [-0.4, -0.2) is 39.0 Å². The molecule has 132 valence electrons. The highest BCUT2D eigenvalue weighted by molar-refractivity contribution is 5.94. The van der Waals surface area contributed by atoms with Crippen molar-refractivity contribution in [3.63, 3.8) is 0 Å². The second-order valence-electron chi connectivity index (χ2n) is 6.33. The van der Waals surface area contributed by atoms with E-state index in [0.717, 1.165) is 12.8 Å². The van der Waals surface area contributed by atoms with Crippen molar-refractivity contribution in [3.05, 3.63) is 70.5 Å². The maximum Gasteiger partial charge on any atom is 0.253 e. The van der Waals surface area contributed by atoms with Crippen molar-refractivity contribution in [1.29, 1.82) is 0 Å². The van der Waals surface area contributed by atoms with Gasteiger partial charge in [0.1, 0.15) is 0 Å². The average Bonchev–Trinajstić information content (AvgIpc) is 3.19. The Hall–Kier alpha value is -3.22. The average molecular weight is 350 g/mol. The Morgan fingerprint density at radius 1 is 1.12 bits per heavy atom. The molecule has 1 aliphatic heterocycles. The van der Waals surface area contributed by atoms with Crippen LogP contribution in [0.1, 0.15) is 35.0 Å². The van der Waals surface area contributed by atoms with Crippen LogP contribution in [0.25, 0.3) is 11.4 Å². The first-order valence-corrected chi connectivity index (χ1v) is 8.58. The lowest BCUT2D eigenvalue weighted by atomic mass is 9.96. The summed E-state index contributed by atoms with van der Waals surface area (Å²) in [7, 11) is 0. The summed E-state index contributed by atoms with van der Waals surface area (Å²) in [5.41, 5.74) is 1.24. The molecule has 3 aromatic rings. The minimum absolute atomic E-state index is 0.0588. The summed E-state index contributed by atoms with van der Waals surface area (Å²) in [5.74, 6) is 1.24. The largest absolute Gasteiger partial charge is 0.339 e. The van der Waals surface area contributed by atoms with E-state index in [1.54, 1.807) is 12.3 Å². The van der Waals surface area contributed by atoms with Crippen LogP contribution in [0.5, 0.6) is 0 Å². The molecule has 7 nitrogen and oxygen atoms in total. The number of likely N-dealkylation sites (tertiary alicyclic amines) is 1. The molecule has 1 saturated heterocycles. The minimum atomic E-state index is -0.173. The number of nitrogens with zero attached hydrogens (tertiary/aromatic N) is 3. The Morgan fingerprint density at radius 3 is 2.58 bits per heavy atom. The van der Waals surface area contributed by atoms with Gasteiger partial charge in [-0.2, -0.15) is 4.98 Å². The molecule has 0 atom stereocenters. The third-order valence-electron chi connectivity index (χ3n) is 4.64. The van der Waals surface area contributed by atoms with Crippen LogP contribution in [0.4, 0.5) is 0 Å². The van der Waals surface area contributed by atoms with Crippen LogP contribution < -0.4 is 5.56 Å². The summed E-state index contributed by atoms with van der Waals surface area (Å²) in [6.45, 7) is 1.32. The molecule has 0 radical (unpaired) electrons. The van der Waals surface area contributed by atoms with E-state index in [1.807, 2.05) is 35.2 Å². The number of pyridine rings is 1. The van der Waals surface area contributed by atoms with Crippen molar-refractivity contribution in [1.82, 2.24) is 20.0 Å². The predicted molar refractivity (Wildman–Crippen MR) is 94.7 cm³/mol. The van der Waals surface area contributed by atoms with E-state index in [0.29, 0.717) is 35.9 Å². The van der Waals surface area contributed by atoms with Crippen molar-refractivity contribution >= 4 is 5.91 Å². The highest BCUT2D eigenvalue weighted by atomic mass is 16.5. The van der Waals surface area contributed by atoms with E-state index in [2.05, 4.69) is 15.1 Å². The number of carbonyl (C=O) groups excluding carboxylic acids is 1. The molecule has 0 unspecified atom stereocenters. The fraction of sp³-hybridized carbons (Fsp3) is 0.263. The van der Waals surface area contributed by atoms with E-state index in [1.165, 1.54) is 6.07 Å². The van der Waals surface area contributed by atoms with Crippen LogP contribution in [0, 0.1) is 0 Å². The van der Waals surface area contributed by atoms with Crippen LogP contribution >= 0.6 is 0 Å². The first-order chi connectivity index (χ1) is 12.7. The quantitative estimate of drug-likeness (QED) is 0.783. The Kier molecular flexibility index (Phi) is 4.35. The van der Waals surface area contributed by atoms with Crippen molar-refractivity contribution in [2.75, 3.05) is 13.1 Å². The van der Waals surface area contributed by atoms with E-state index < -0.39 is 0 Å². The van der Waals surface area contributed by atoms with Gasteiger partial charge in [0, 0.05) is 42.4 Å². The lowest BCUT2D eigenvalue weighted by Crippen LogP contribution is -2.37. The highest BCUT2D eigenvalue weighted by Gasteiger charge is 2.28. The van der Waals surface area contributed by atoms with Crippen LogP contribution in [0.2, 0.25) is 0 Å². The predicted octanol–water partition coefficient (Wildman–Crippen LogP) is 2.44. The number of rotatable bonds is 3. The van der Waals surface area contributed by atoms with Gasteiger partial charge >= 0.3 is 0 Å². The lowest BCUT2D eigenvalue weighted by molar-refractivity contribution is 0.0704. The van der Waals surface area contributed by atoms with Gasteiger partial charge in [-0.25, -0.2) is 0 Å². The summed E-state index contributed by atoms with van der Waals surface area (Å²) in [6, 6.07) is 12.4. The number of aromatic nitrogens is 3. The second kappa shape index (κ2) is 6.95. The molecule has 2 aromatic heterocycles. The van der Waals surface area contributed by atoms with Crippen LogP contribution in [0.3, 0.4) is 0 Å². The molecule has 1 fully saturated rings. The standard InChI is InChI=1S/C19H18N4O3/c24-16-7-6-15(12-20-16)17-21-18(26-22-17)13-8-10-23(11-9-13)19(25)14-4-2-1-3-5-14/h1-7,12-13H,8-11H2,(H,20,24). The number of hydrogen-bond donors (Lipinski definition) is 1. The van der Waals surface area contributed by atoms with Crippen molar-refractivity contribution in [3.8, 4) is 11.4 Å². The molecular weight excluding hydrogens is 332 g/mol. The second-order valence-corrected chi connectivity index (χ2v) is 6.33. The highest BCUT2D eigenvalue weighted by Crippen LogP contribution is 2.28. The monoisotopic (exact) mass is 350 g/mol. The number of amides is 1. The van der Waals surface area contributed by atoms with E-state index in [-0.39, 0.29) is 17.4 Å². The summed E-state index contributed by atoms with van der Waals surface area (Å²) in [5, 5.41) is 4.00. The van der Waals surface area contributed by atoms with E-state index in [4.69, 9.17) is 4.52 Å². The van der Waals surface area contributed by atoms with Crippen molar-refractivity contribution in [2.24, 2.45) is 0 Å². The van der Waals surface area contributed by atoms with Gasteiger partial charge < -0.3 is 14.4 Å². The molecule has 0 spiro atoms. The molecule has 0 aliphatic carbocycles. The smallest absolute Gasteiger partial charge is 0.253 e. The number of carbonyl (C=O) groups is 1. The maximum atomic E-state index is 12.5. The van der Waals surface area contributed by atoms with Gasteiger partial charge in [-0.15, -0.1) is 0 Å². The van der Waals surface area contributed by atoms with Crippen molar-refractivity contribution in [2.45, 2.75) is 18.8 Å². The zero-order valence-electron chi connectivity index (χ0n) is 14.1. The van der Waals surface area contributed by atoms with Gasteiger partial charge in [-0.3, -0.25) is 9.59 Å². The molecule has 0 saturated carbocycles. The molecule has 1 aromatic carbocycles. The molecule has 7 heteroatoms. The third kappa shape index (κ3) is 3.28. The SMILES string of the molecule is O=C(c1ccccc1)N1CCC(c2nc(-c3ccc(=O)[nH]c3)no2)CC1. The van der Waals surface area contributed by atoms with Gasteiger partial charge in [0.2, 0.25) is 17.3 Å². The van der Waals surface area contributed by atoms with Crippen LogP contribution in [0.15, 0.2) is 58.0 Å². The van der Waals surface area contributed by atoms with Gasteiger partial charge in [-0.1, -0.05) is 23.4 Å². The molecule has 26 heavy (non-hydrogen) atoms. The molecule has 1 aliphatic rings.